The maximum atomic E-state index is 6.57. The Bertz CT molecular complexity index is 566. The van der Waals surface area contributed by atoms with Crippen LogP contribution < -0.4 is 4.90 Å². The summed E-state index contributed by atoms with van der Waals surface area (Å²) in [6.07, 6.45) is 5.92. The molecule has 2 fully saturated rings. The fourth-order valence-electron chi connectivity index (χ4n) is 3.54. The number of anilines is 1. The number of halogens is 1. The van der Waals surface area contributed by atoms with Crippen molar-refractivity contribution in [2.24, 2.45) is 10.9 Å². The summed E-state index contributed by atoms with van der Waals surface area (Å²) < 4.78 is 7.36. The van der Waals surface area contributed by atoms with Gasteiger partial charge in [-0.1, -0.05) is 19.3 Å². The van der Waals surface area contributed by atoms with E-state index in [1.54, 1.807) is 0 Å². The number of alkyl halides is 1. The standard InChI is InChI=1S/C15H22ClN5O/c16-12-5-3-1-2-4-11-10-21-14(17-13(11)12)18-15(19-21)20-6-8-22-9-7-20/h11-12H,1-10H2. The van der Waals surface area contributed by atoms with Gasteiger partial charge in [0.15, 0.2) is 0 Å². The Morgan fingerprint density at radius 2 is 1.91 bits per heavy atom. The van der Waals surface area contributed by atoms with E-state index in [2.05, 4.69) is 15.0 Å². The zero-order valence-corrected chi connectivity index (χ0v) is 13.5. The number of nitrogens with zero attached hydrogens (tertiary/aromatic N) is 5. The summed E-state index contributed by atoms with van der Waals surface area (Å²) in [5, 5.41) is 4.73. The largest absolute Gasteiger partial charge is 0.378 e. The van der Waals surface area contributed by atoms with E-state index < -0.39 is 0 Å². The first-order valence-electron chi connectivity index (χ1n) is 8.31. The number of ether oxygens (including phenoxy) is 1. The van der Waals surface area contributed by atoms with E-state index >= 15 is 0 Å². The van der Waals surface area contributed by atoms with Gasteiger partial charge in [0.25, 0.3) is 0 Å². The average molecular weight is 324 g/mol. The molecule has 0 aromatic carbocycles. The van der Waals surface area contributed by atoms with Crippen molar-refractivity contribution in [3.63, 3.8) is 0 Å². The molecule has 0 radical (unpaired) electrons. The average Bonchev–Trinajstić information content (AvgIpc) is 2.95. The van der Waals surface area contributed by atoms with Gasteiger partial charge in [-0.25, -0.2) is 9.67 Å². The number of fused-ring (bicyclic) bond motifs is 2. The molecule has 1 aliphatic carbocycles. The Hall–Kier alpha value is -1.14. The monoisotopic (exact) mass is 323 g/mol. The third-order valence-electron chi connectivity index (χ3n) is 4.81. The molecule has 1 aromatic heterocycles. The molecule has 0 spiro atoms. The first-order chi connectivity index (χ1) is 10.8. The summed E-state index contributed by atoms with van der Waals surface area (Å²) >= 11 is 6.57. The quantitative estimate of drug-likeness (QED) is 0.745. The van der Waals surface area contributed by atoms with E-state index in [1.165, 1.54) is 19.3 Å². The van der Waals surface area contributed by atoms with Gasteiger partial charge < -0.3 is 9.64 Å². The maximum Gasteiger partial charge on any atom is 0.249 e. The van der Waals surface area contributed by atoms with Gasteiger partial charge in [0.2, 0.25) is 11.9 Å². The summed E-state index contributed by atoms with van der Waals surface area (Å²) in [4.78, 5) is 11.6. The third-order valence-corrected chi connectivity index (χ3v) is 5.25. The van der Waals surface area contributed by atoms with Crippen molar-refractivity contribution in [3.05, 3.63) is 0 Å². The number of hydrogen-bond acceptors (Lipinski definition) is 5. The highest BCUT2D eigenvalue weighted by Gasteiger charge is 2.31. The minimum atomic E-state index is 0.0580. The first-order valence-corrected chi connectivity index (χ1v) is 8.75. The van der Waals surface area contributed by atoms with Gasteiger partial charge in [0.1, 0.15) is 0 Å². The van der Waals surface area contributed by atoms with Crippen LogP contribution >= 0.6 is 11.6 Å². The summed E-state index contributed by atoms with van der Waals surface area (Å²) in [6, 6.07) is 0. The molecule has 1 aromatic rings. The number of aromatic nitrogens is 3. The van der Waals surface area contributed by atoms with E-state index in [0.29, 0.717) is 5.92 Å². The second kappa shape index (κ2) is 6.16. The van der Waals surface area contributed by atoms with Crippen molar-refractivity contribution >= 4 is 29.2 Å². The van der Waals surface area contributed by atoms with E-state index in [0.717, 1.165) is 63.3 Å². The highest BCUT2D eigenvalue weighted by molar-refractivity contribution is 6.32. The van der Waals surface area contributed by atoms with Crippen LogP contribution in [0.3, 0.4) is 0 Å². The molecule has 1 saturated heterocycles. The molecule has 4 rings (SSSR count). The molecule has 2 unspecified atom stereocenters. The zero-order valence-electron chi connectivity index (χ0n) is 12.7. The lowest BCUT2D eigenvalue weighted by Crippen LogP contribution is -2.37. The summed E-state index contributed by atoms with van der Waals surface area (Å²) in [5.41, 5.74) is 1.13. The van der Waals surface area contributed by atoms with Crippen molar-refractivity contribution in [1.29, 1.82) is 0 Å². The Labute approximate surface area is 135 Å². The molecule has 2 aliphatic heterocycles. The molecule has 120 valence electrons. The van der Waals surface area contributed by atoms with Crippen LogP contribution in [0.4, 0.5) is 11.9 Å². The molecule has 0 bridgehead atoms. The first kappa shape index (κ1) is 14.5. The van der Waals surface area contributed by atoms with Crippen LogP contribution in [-0.2, 0) is 11.3 Å². The molecule has 7 heteroatoms. The summed E-state index contributed by atoms with van der Waals surface area (Å²) in [7, 11) is 0. The Morgan fingerprint density at radius 1 is 1.09 bits per heavy atom. The van der Waals surface area contributed by atoms with Crippen LogP contribution in [0.25, 0.3) is 0 Å². The molecular formula is C15H22ClN5O. The molecule has 0 amide bonds. The van der Waals surface area contributed by atoms with E-state index in [1.807, 2.05) is 4.68 Å². The van der Waals surface area contributed by atoms with Gasteiger partial charge in [0, 0.05) is 24.7 Å². The number of morpholine rings is 1. The molecule has 3 aliphatic rings. The molecule has 6 nitrogen and oxygen atoms in total. The van der Waals surface area contributed by atoms with Crippen molar-refractivity contribution in [1.82, 2.24) is 14.8 Å². The highest BCUT2D eigenvalue weighted by atomic mass is 35.5. The third kappa shape index (κ3) is 2.74. The highest BCUT2D eigenvalue weighted by Crippen LogP contribution is 2.32. The van der Waals surface area contributed by atoms with Gasteiger partial charge in [-0.15, -0.1) is 16.7 Å². The van der Waals surface area contributed by atoms with E-state index in [-0.39, 0.29) is 5.38 Å². The lowest BCUT2D eigenvalue weighted by molar-refractivity contribution is 0.122. The minimum absolute atomic E-state index is 0.0580. The fourth-order valence-corrected chi connectivity index (χ4v) is 3.92. The van der Waals surface area contributed by atoms with Gasteiger partial charge in [-0.05, 0) is 12.8 Å². The molecular weight excluding hydrogens is 302 g/mol. The van der Waals surface area contributed by atoms with E-state index in [9.17, 15) is 0 Å². The zero-order chi connectivity index (χ0) is 14.9. The minimum Gasteiger partial charge on any atom is -0.378 e. The van der Waals surface area contributed by atoms with Gasteiger partial charge in [0.05, 0.1) is 25.1 Å². The van der Waals surface area contributed by atoms with Crippen molar-refractivity contribution in [2.45, 2.75) is 44.0 Å². The lowest BCUT2D eigenvalue weighted by Gasteiger charge is -2.28. The van der Waals surface area contributed by atoms with Crippen molar-refractivity contribution in [2.75, 3.05) is 31.2 Å². The van der Waals surface area contributed by atoms with Gasteiger partial charge in [-0.2, -0.15) is 4.98 Å². The number of rotatable bonds is 1. The molecule has 3 heterocycles. The maximum absolute atomic E-state index is 6.57. The molecule has 2 atom stereocenters. The van der Waals surface area contributed by atoms with Crippen molar-refractivity contribution in [3.8, 4) is 0 Å². The number of hydrogen-bond donors (Lipinski definition) is 0. The molecule has 1 saturated carbocycles. The van der Waals surface area contributed by atoms with Crippen molar-refractivity contribution < 1.29 is 4.74 Å². The van der Waals surface area contributed by atoms with Crippen LogP contribution in [0.2, 0.25) is 0 Å². The van der Waals surface area contributed by atoms with E-state index in [4.69, 9.17) is 21.3 Å². The van der Waals surface area contributed by atoms with Crippen LogP contribution in [-0.4, -0.2) is 52.2 Å². The normalized spacial score (nSPS) is 29.1. The fraction of sp³-hybridized carbons (Fsp3) is 0.800. The van der Waals surface area contributed by atoms with Gasteiger partial charge >= 0.3 is 0 Å². The van der Waals surface area contributed by atoms with Crippen LogP contribution in [0.1, 0.15) is 32.1 Å². The topological polar surface area (TPSA) is 55.5 Å². The second-order valence-electron chi connectivity index (χ2n) is 6.33. The molecule has 22 heavy (non-hydrogen) atoms. The smallest absolute Gasteiger partial charge is 0.249 e. The Kier molecular flexibility index (Phi) is 4.05. The number of aliphatic imine (C=N–C) groups is 1. The lowest BCUT2D eigenvalue weighted by atomic mass is 9.88. The SMILES string of the molecule is ClC1CCCCCC2Cn3nc(N4CCOCC4)nc3N=C12. The van der Waals surface area contributed by atoms with Crippen LogP contribution in [0.15, 0.2) is 4.99 Å². The predicted molar refractivity (Wildman–Crippen MR) is 86.4 cm³/mol. The summed E-state index contributed by atoms with van der Waals surface area (Å²) in [5.74, 6) is 1.93. The molecule has 0 N–H and O–H groups in total. The van der Waals surface area contributed by atoms with Gasteiger partial charge in [-0.3, -0.25) is 0 Å². The van der Waals surface area contributed by atoms with Crippen LogP contribution in [0.5, 0.6) is 0 Å². The Morgan fingerprint density at radius 3 is 2.77 bits per heavy atom. The van der Waals surface area contributed by atoms with Crippen LogP contribution in [0, 0.1) is 5.92 Å². The second-order valence-corrected chi connectivity index (χ2v) is 6.86. The summed E-state index contributed by atoms with van der Waals surface area (Å²) in [6.45, 7) is 4.05. The predicted octanol–water partition coefficient (Wildman–Crippen LogP) is 2.39. The Balaban J connectivity index is 1.61.